The van der Waals surface area contributed by atoms with Gasteiger partial charge in [-0.05, 0) is 41.0 Å². The van der Waals surface area contributed by atoms with E-state index in [1.165, 1.54) is 24.6 Å². The zero-order valence-corrected chi connectivity index (χ0v) is 15.7. The van der Waals surface area contributed by atoms with Crippen LogP contribution in [0.4, 0.5) is 0 Å². The number of carbonyl (C=O) groups is 1. The smallest absolute Gasteiger partial charge is 0.238 e. The molecule has 0 bridgehead atoms. The van der Waals surface area contributed by atoms with E-state index in [1.807, 2.05) is 60.7 Å². The number of hydrogen-bond acceptors (Lipinski definition) is 5. The van der Waals surface area contributed by atoms with Crippen LogP contribution in [0.3, 0.4) is 0 Å². The van der Waals surface area contributed by atoms with Crippen molar-refractivity contribution in [3.05, 3.63) is 66.2 Å². The quantitative estimate of drug-likeness (QED) is 0.663. The first kappa shape index (κ1) is 17.7. The van der Waals surface area contributed by atoms with E-state index in [9.17, 15) is 4.79 Å². The molecule has 1 N–H and O–H groups in total. The van der Waals surface area contributed by atoms with Gasteiger partial charge in [-0.1, -0.05) is 73.1 Å². The van der Waals surface area contributed by atoms with Crippen molar-refractivity contribution in [1.82, 2.24) is 25.5 Å². The predicted molar refractivity (Wildman–Crippen MR) is 105 cm³/mol. The van der Waals surface area contributed by atoms with Crippen molar-refractivity contribution in [3.63, 3.8) is 0 Å². The van der Waals surface area contributed by atoms with E-state index in [0.717, 1.165) is 24.1 Å². The summed E-state index contributed by atoms with van der Waals surface area (Å²) in [6.45, 7) is 0. The van der Waals surface area contributed by atoms with Crippen molar-refractivity contribution in [2.75, 3.05) is 0 Å². The van der Waals surface area contributed by atoms with Crippen molar-refractivity contribution in [3.8, 4) is 5.69 Å². The van der Waals surface area contributed by atoms with Crippen molar-refractivity contribution in [1.29, 1.82) is 0 Å². The molecule has 0 saturated heterocycles. The summed E-state index contributed by atoms with van der Waals surface area (Å²) in [5.41, 5.74) is 1.81. The van der Waals surface area contributed by atoms with Crippen molar-refractivity contribution < 1.29 is 4.79 Å². The summed E-state index contributed by atoms with van der Waals surface area (Å²) >= 11 is 1.38. The van der Waals surface area contributed by atoms with Gasteiger partial charge in [0.1, 0.15) is 5.25 Å². The Hall–Kier alpha value is -2.67. The van der Waals surface area contributed by atoms with Gasteiger partial charge in [0.25, 0.3) is 0 Å². The Morgan fingerprint density at radius 3 is 2.41 bits per heavy atom. The van der Waals surface area contributed by atoms with Gasteiger partial charge in [0.15, 0.2) is 0 Å². The zero-order valence-electron chi connectivity index (χ0n) is 14.9. The topological polar surface area (TPSA) is 72.7 Å². The normalized spacial score (nSPS) is 15.6. The number of tetrazole rings is 1. The lowest BCUT2D eigenvalue weighted by Crippen LogP contribution is -2.35. The van der Waals surface area contributed by atoms with E-state index < -0.39 is 5.25 Å². The summed E-state index contributed by atoms with van der Waals surface area (Å²) in [5.74, 6) is 0.0145. The standard InChI is InChI=1S/C20H21N5OS/c26-19(21-16-11-7-8-12-16)18(15-9-3-1-4-10-15)27-20-22-23-24-25(20)17-13-5-2-6-14-17/h1-6,9-10,13-14,16,18H,7-8,11-12H2,(H,21,26). The van der Waals surface area contributed by atoms with Gasteiger partial charge < -0.3 is 5.32 Å². The first-order valence-corrected chi connectivity index (χ1v) is 10.0. The molecule has 1 amide bonds. The van der Waals surface area contributed by atoms with Crippen LogP contribution in [0.2, 0.25) is 0 Å². The number of amides is 1. The van der Waals surface area contributed by atoms with Crippen LogP contribution in [-0.2, 0) is 4.79 Å². The van der Waals surface area contributed by atoms with Gasteiger partial charge in [0.05, 0.1) is 5.69 Å². The third-order valence-electron chi connectivity index (χ3n) is 4.71. The second-order valence-corrected chi connectivity index (χ2v) is 7.68. The lowest BCUT2D eigenvalue weighted by molar-refractivity contribution is -0.121. The van der Waals surface area contributed by atoms with E-state index in [-0.39, 0.29) is 11.9 Å². The van der Waals surface area contributed by atoms with Crippen LogP contribution in [0.15, 0.2) is 65.8 Å². The van der Waals surface area contributed by atoms with Crippen LogP contribution < -0.4 is 5.32 Å². The van der Waals surface area contributed by atoms with Crippen LogP contribution in [-0.4, -0.2) is 32.2 Å². The predicted octanol–water partition coefficient (Wildman–Crippen LogP) is 3.55. The molecule has 0 spiro atoms. The third-order valence-corrected chi connectivity index (χ3v) is 5.89. The summed E-state index contributed by atoms with van der Waals surface area (Å²) in [7, 11) is 0. The fourth-order valence-electron chi connectivity index (χ4n) is 3.34. The van der Waals surface area contributed by atoms with Crippen LogP contribution in [0.1, 0.15) is 36.5 Å². The number of nitrogens with one attached hydrogen (secondary N) is 1. The average molecular weight is 379 g/mol. The second-order valence-electron chi connectivity index (χ2n) is 6.61. The molecule has 1 atom stereocenters. The Kier molecular flexibility index (Phi) is 5.48. The molecule has 1 aromatic heterocycles. The Bertz CT molecular complexity index is 878. The molecule has 4 rings (SSSR count). The Morgan fingerprint density at radius 1 is 1.04 bits per heavy atom. The number of rotatable bonds is 6. The van der Waals surface area contributed by atoms with Gasteiger partial charge in [-0.25, -0.2) is 0 Å². The highest BCUT2D eigenvalue weighted by molar-refractivity contribution is 8.00. The summed E-state index contributed by atoms with van der Waals surface area (Å²) in [6, 6.07) is 19.8. The maximum absolute atomic E-state index is 13.1. The zero-order chi connectivity index (χ0) is 18.5. The molecule has 6 nitrogen and oxygen atoms in total. The maximum Gasteiger partial charge on any atom is 0.238 e. The number of aromatic nitrogens is 4. The molecule has 1 aliphatic rings. The first-order valence-electron chi connectivity index (χ1n) is 9.17. The Morgan fingerprint density at radius 2 is 1.70 bits per heavy atom. The SMILES string of the molecule is O=C(NC1CCCC1)C(Sc1nnnn1-c1ccccc1)c1ccccc1. The summed E-state index contributed by atoms with van der Waals surface area (Å²) in [4.78, 5) is 13.1. The summed E-state index contributed by atoms with van der Waals surface area (Å²) in [5, 5.41) is 15.5. The van der Waals surface area contributed by atoms with Crippen molar-refractivity contribution >= 4 is 17.7 Å². The van der Waals surface area contributed by atoms with E-state index >= 15 is 0 Å². The fraction of sp³-hybridized carbons (Fsp3) is 0.300. The number of carbonyl (C=O) groups excluding carboxylic acids is 1. The van der Waals surface area contributed by atoms with Crippen LogP contribution in [0.5, 0.6) is 0 Å². The molecule has 1 fully saturated rings. The van der Waals surface area contributed by atoms with Gasteiger partial charge in [-0.15, -0.1) is 5.10 Å². The monoisotopic (exact) mass is 379 g/mol. The number of benzene rings is 2. The van der Waals surface area contributed by atoms with Crippen molar-refractivity contribution in [2.45, 2.75) is 42.1 Å². The van der Waals surface area contributed by atoms with Gasteiger partial charge in [-0.2, -0.15) is 4.68 Å². The van der Waals surface area contributed by atoms with Crippen LogP contribution in [0, 0.1) is 0 Å². The van der Waals surface area contributed by atoms with Gasteiger partial charge in [0.2, 0.25) is 11.1 Å². The number of para-hydroxylation sites is 1. The first-order chi connectivity index (χ1) is 13.3. The lowest BCUT2D eigenvalue weighted by atomic mass is 10.1. The molecule has 7 heteroatoms. The molecule has 2 aromatic carbocycles. The molecule has 0 radical (unpaired) electrons. The van der Waals surface area contributed by atoms with Crippen LogP contribution in [0.25, 0.3) is 5.69 Å². The van der Waals surface area contributed by atoms with Crippen LogP contribution >= 0.6 is 11.8 Å². The molecule has 3 aromatic rings. The van der Waals surface area contributed by atoms with Gasteiger partial charge >= 0.3 is 0 Å². The van der Waals surface area contributed by atoms with E-state index in [4.69, 9.17) is 0 Å². The van der Waals surface area contributed by atoms with Gasteiger partial charge in [-0.3, -0.25) is 4.79 Å². The van der Waals surface area contributed by atoms with E-state index in [1.54, 1.807) is 4.68 Å². The van der Waals surface area contributed by atoms with Crippen molar-refractivity contribution in [2.24, 2.45) is 0 Å². The number of nitrogens with zero attached hydrogens (tertiary/aromatic N) is 4. The molecule has 1 aliphatic carbocycles. The highest BCUT2D eigenvalue weighted by Crippen LogP contribution is 2.35. The highest BCUT2D eigenvalue weighted by atomic mass is 32.2. The molecule has 1 heterocycles. The average Bonchev–Trinajstić information content (AvgIpc) is 3.39. The minimum atomic E-state index is -0.403. The highest BCUT2D eigenvalue weighted by Gasteiger charge is 2.28. The molecule has 1 saturated carbocycles. The molecule has 1 unspecified atom stereocenters. The molecule has 0 aliphatic heterocycles. The van der Waals surface area contributed by atoms with E-state index in [0.29, 0.717) is 5.16 Å². The number of thioether (sulfide) groups is 1. The third kappa shape index (κ3) is 4.19. The number of hydrogen-bond donors (Lipinski definition) is 1. The summed E-state index contributed by atoms with van der Waals surface area (Å²) in [6.07, 6.45) is 4.47. The lowest BCUT2D eigenvalue weighted by Gasteiger charge is -2.19. The summed E-state index contributed by atoms with van der Waals surface area (Å²) < 4.78 is 1.67. The molecular formula is C20H21N5OS. The molecule has 138 valence electrons. The molecule has 27 heavy (non-hydrogen) atoms. The largest absolute Gasteiger partial charge is 0.352 e. The Labute approximate surface area is 162 Å². The Balaban J connectivity index is 1.60. The van der Waals surface area contributed by atoms with Gasteiger partial charge in [0, 0.05) is 6.04 Å². The minimum absolute atomic E-state index is 0.0145. The molecular weight excluding hydrogens is 358 g/mol. The minimum Gasteiger partial charge on any atom is -0.352 e. The maximum atomic E-state index is 13.1. The van der Waals surface area contributed by atoms with E-state index in [2.05, 4.69) is 20.8 Å². The fourth-order valence-corrected chi connectivity index (χ4v) is 4.34. The second kappa shape index (κ2) is 8.35.